The van der Waals surface area contributed by atoms with E-state index in [2.05, 4.69) is 26.1 Å². The molecule has 1 N–H and O–H groups in total. The Labute approximate surface area is 102 Å². The lowest BCUT2D eigenvalue weighted by Crippen LogP contribution is -2.29. The predicted molar refractivity (Wildman–Crippen MR) is 72.0 cm³/mol. The largest absolute Gasteiger partial charge is 0.381 e. The van der Waals surface area contributed by atoms with Crippen molar-refractivity contribution < 1.29 is 4.74 Å². The fourth-order valence-corrected chi connectivity index (χ4v) is 1.83. The molecule has 0 fully saturated rings. The molecule has 0 saturated heterocycles. The van der Waals surface area contributed by atoms with Crippen LogP contribution >= 0.6 is 0 Å². The van der Waals surface area contributed by atoms with Crippen LogP contribution in [-0.4, -0.2) is 25.8 Å². The molecule has 0 saturated carbocycles. The monoisotopic (exact) mass is 229 g/mol. The molecular formula is C14H31NO. The van der Waals surface area contributed by atoms with Gasteiger partial charge in [0.15, 0.2) is 0 Å². The van der Waals surface area contributed by atoms with Crippen molar-refractivity contribution >= 4 is 0 Å². The number of rotatable bonds is 12. The second-order valence-corrected chi connectivity index (χ2v) is 4.55. The fraction of sp³-hybridized carbons (Fsp3) is 1.00. The van der Waals surface area contributed by atoms with Gasteiger partial charge in [0.1, 0.15) is 0 Å². The van der Waals surface area contributed by atoms with Gasteiger partial charge in [-0.3, -0.25) is 0 Å². The lowest BCUT2D eigenvalue weighted by molar-refractivity contribution is 0.125. The van der Waals surface area contributed by atoms with Crippen LogP contribution in [0.1, 0.15) is 65.7 Å². The maximum absolute atomic E-state index is 5.58. The van der Waals surface area contributed by atoms with Crippen LogP contribution in [0, 0.1) is 0 Å². The Kier molecular flexibility index (Phi) is 12.9. The van der Waals surface area contributed by atoms with Gasteiger partial charge in [-0.25, -0.2) is 0 Å². The summed E-state index contributed by atoms with van der Waals surface area (Å²) >= 11 is 0. The molecule has 0 radical (unpaired) electrons. The lowest BCUT2D eigenvalue weighted by Gasteiger charge is -2.17. The van der Waals surface area contributed by atoms with Crippen LogP contribution in [0.4, 0.5) is 0 Å². The smallest absolute Gasteiger partial charge is 0.0466 e. The van der Waals surface area contributed by atoms with Crippen LogP contribution < -0.4 is 5.32 Å². The van der Waals surface area contributed by atoms with Crippen LogP contribution in [0.5, 0.6) is 0 Å². The van der Waals surface area contributed by atoms with Gasteiger partial charge in [-0.2, -0.15) is 0 Å². The van der Waals surface area contributed by atoms with E-state index in [0.717, 1.165) is 19.8 Å². The van der Waals surface area contributed by atoms with Gasteiger partial charge in [-0.05, 0) is 38.6 Å². The maximum Gasteiger partial charge on any atom is 0.0466 e. The van der Waals surface area contributed by atoms with Crippen LogP contribution in [0.2, 0.25) is 0 Å². The van der Waals surface area contributed by atoms with Gasteiger partial charge in [0.25, 0.3) is 0 Å². The Morgan fingerprint density at radius 2 is 1.62 bits per heavy atom. The molecule has 16 heavy (non-hydrogen) atoms. The second kappa shape index (κ2) is 13.0. The van der Waals surface area contributed by atoms with Crippen molar-refractivity contribution in [3.63, 3.8) is 0 Å². The van der Waals surface area contributed by atoms with Crippen molar-refractivity contribution in [2.24, 2.45) is 0 Å². The van der Waals surface area contributed by atoms with Gasteiger partial charge in [-0.15, -0.1) is 0 Å². The van der Waals surface area contributed by atoms with E-state index in [4.69, 9.17) is 4.74 Å². The van der Waals surface area contributed by atoms with Crippen molar-refractivity contribution in [3.8, 4) is 0 Å². The number of nitrogens with one attached hydrogen (secondary N) is 1. The van der Waals surface area contributed by atoms with E-state index in [9.17, 15) is 0 Å². The summed E-state index contributed by atoms with van der Waals surface area (Å²) in [5.41, 5.74) is 0. The molecule has 0 rings (SSSR count). The molecule has 1 atom stereocenters. The van der Waals surface area contributed by atoms with E-state index < -0.39 is 0 Å². The van der Waals surface area contributed by atoms with E-state index in [0.29, 0.717) is 6.04 Å². The van der Waals surface area contributed by atoms with Gasteiger partial charge in [0.2, 0.25) is 0 Å². The summed E-state index contributed by atoms with van der Waals surface area (Å²) in [6.07, 6.45) is 8.70. The van der Waals surface area contributed by atoms with E-state index in [1.807, 2.05) is 0 Å². The highest BCUT2D eigenvalue weighted by molar-refractivity contribution is 4.65. The number of ether oxygens (including phenoxy) is 1. The minimum atomic E-state index is 0.708. The first-order valence-corrected chi connectivity index (χ1v) is 7.16. The van der Waals surface area contributed by atoms with Gasteiger partial charge >= 0.3 is 0 Å². The fourth-order valence-electron chi connectivity index (χ4n) is 1.83. The summed E-state index contributed by atoms with van der Waals surface area (Å²) in [7, 11) is 0. The first kappa shape index (κ1) is 15.9. The van der Waals surface area contributed by atoms with Crippen LogP contribution in [0.25, 0.3) is 0 Å². The highest BCUT2D eigenvalue weighted by Gasteiger charge is 2.05. The normalized spacial score (nSPS) is 12.9. The third-order valence-corrected chi connectivity index (χ3v) is 2.80. The van der Waals surface area contributed by atoms with Gasteiger partial charge in [0, 0.05) is 19.3 Å². The molecule has 98 valence electrons. The topological polar surface area (TPSA) is 21.3 Å². The summed E-state index contributed by atoms with van der Waals surface area (Å²) in [5, 5.41) is 3.62. The van der Waals surface area contributed by atoms with Crippen molar-refractivity contribution in [2.45, 2.75) is 71.8 Å². The molecule has 1 unspecified atom stereocenters. The van der Waals surface area contributed by atoms with Crippen molar-refractivity contribution in [2.75, 3.05) is 19.8 Å². The van der Waals surface area contributed by atoms with E-state index >= 15 is 0 Å². The molecule has 0 aromatic rings. The summed E-state index contributed by atoms with van der Waals surface area (Å²) < 4.78 is 5.58. The Bertz CT molecular complexity index is 128. The van der Waals surface area contributed by atoms with Gasteiger partial charge in [-0.1, -0.05) is 33.6 Å². The lowest BCUT2D eigenvalue weighted by atomic mass is 10.1. The molecule has 0 bridgehead atoms. The molecule has 2 nitrogen and oxygen atoms in total. The average Bonchev–Trinajstić information content (AvgIpc) is 2.30. The summed E-state index contributed by atoms with van der Waals surface area (Å²) in [6, 6.07) is 0.708. The zero-order valence-corrected chi connectivity index (χ0v) is 11.6. The first-order valence-electron chi connectivity index (χ1n) is 7.16. The Balaban J connectivity index is 3.36. The summed E-state index contributed by atoms with van der Waals surface area (Å²) in [6.45, 7) is 9.73. The number of hydrogen-bond acceptors (Lipinski definition) is 2. The molecule has 0 aromatic carbocycles. The molecule has 0 aromatic heterocycles. The standard InChI is InChI=1S/C14H31NO/c1-4-7-12-16-13-8-10-14(9-5-2)15-11-6-3/h14-15H,4-13H2,1-3H3. The Morgan fingerprint density at radius 3 is 2.25 bits per heavy atom. The molecule has 0 spiro atoms. The van der Waals surface area contributed by atoms with E-state index in [-0.39, 0.29) is 0 Å². The zero-order chi connectivity index (χ0) is 12.1. The molecule has 0 aliphatic heterocycles. The van der Waals surface area contributed by atoms with Crippen molar-refractivity contribution in [1.29, 1.82) is 0 Å². The molecular weight excluding hydrogens is 198 g/mol. The highest BCUT2D eigenvalue weighted by Crippen LogP contribution is 2.05. The van der Waals surface area contributed by atoms with Gasteiger partial charge in [0.05, 0.1) is 0 Å². The Morgan fingerprint density at radius 1 is 0.875 bits per heavy atom. The summed E-state index contributed by atoms with van der Waals surface area (Å²) in [4.78, 5) is 0. The number of hydrogen-bond donors (Lipinski definition) is 1. The third kappa shape index (κ3) is 10.4. The van der Waals surface area contributed by atoms with Gasteiger partial charge < -0.3 is 10.1 Å². The minimum absolute atomic E-state index is 0.708. The molecule has 0 heterocycles. The molecule has 0 aliphatic carbocycles. The Hall–Kier alpha value is -0.0800. The van der Waals surface area contributed by atoms with Crippen molar-refractivity contribution in [1.82, 2.24) is 5.32 Å². The number of unbranched alkanes of at least 4 members (excludes halogenated alkanes) is 1. The zero-order valence-electron chi connectivity index (χ0n) is 11.6. The molecule has 0 amide bonds. The quantitative estimate of drug-likeness (QED) is 0.515. The average molecular weight is 229 g/mol. The third-order valence-electron chi connectivity index (χ3n) is 2.80. The molecule has 2 heteroatoms. The highest BCUT2D eigenvalue weighted by atomic mass is 16.5. The predicted octanol–water partition coefficient (Wildman–Crippen LogP) is 3.75. The minimum Gasteiger partial charge on any atom is -0.381 e. The van der Waals surface area contributed by atoms with Crippen LogP contribution in [0.15, 0.2) is 0 Å². The second-order valence-electron chi connectivity index (χ2n) is 4.55. The van der Waals surface area contributed by atoms with E-state index in [1.165, 1.54) is 44.9 Å². The van der Waals surface area contributed by atoms with Crippen LogP contribution in [0.3, 0.4) is 0 Å². The summed E-state index contributed by atoms with van der Waals surface area (Å²) in [5.74, 6) is 0. The first-order chi connectivity index (χ1) is 7.85. The SMILES string of the molecule is CCCCOCCCC(CCC)NCCC. The van der Waals surface area contributed by atoms with Crippen molar-refractivity contribution in [3.05, 3.63) is 0 Å². The molecule has 0 aliphatic rings. The van der Waals surface area contributed by atoms with Crippen LogP contribution in [-0.2, 0) is 4.74 Å². The van der Waals surface area contributed by atoms with E-state index in [1.54, 1.807) is 0 Å². The maximum atomic E-state index is 5.58.